The molecule has 1 saturated heterocycles. The molecule has 1 rings (SSSR count). The van der Waals surface area contributed by atoms with Gasteiger partial charge in [0, 0.05) is 6.61 Å². The van der Waals surface area contributed by atoms with Crippen LogP contribution in [0.1, 0.15) is 110 Å². The highest BCUT2D eigenvalue weighted by molar-refractivity contribution is 4.87. The lowest BCUT2D eigenvalue weighted by Crippen LogP contribution is -2.55. The highest BCUT2D eigenvalue weighted by Gasteiger charge is 2.38. The molecular weight excluding hydrogens is 368 g/mol. The minimum absolute atomic E-state index is 0.225. The Kier molecular flexibility index (Phi) is 17.2. The van der Waals surface area contributed by atoms with Crippen molar-refractivity contribution in [3.05, 3.63) is 0 Å². The summed E-state index contributed by atoms with van der Waals surface area (Å²) in [5.74, 6) is 0. The lowest BCUT2D eigenvalue weighted by molar-refractivity contribution is -0.208. The van der Waals surface area contributed by atoms with Crippen molar-refractivity contribution in [2.75, 3.05) is 19.8 Å². The zero-order valence-corrected chi connectivity index (χ0v) is 18.9. The van der Waals surface area contributed by atoms with Crippen molar-refractivity contribution in [1.29, 1.82) is 0 Å². The normalized spacial score (nSPS) is 24.8. The van der Waals surface area contributed by atoms with E-state index in [9.17, 15) is 10.2 Å². The molecule has 0 aromatic carbocycles. The van der Waals surface area contributed by atoms with Crippen LogP contribution in [0.15, 0.2) is 0 Å². The van der Waals surface area contributed by atoms with Crippen LogP contribution in [-0.4, -0.2) is 59.6 Å². The summed E-state index contributed by atoms with van der Waals surface area (Å²) in [5.41, 5.74) is 0. The summed E-state index contributed by atoms with van der Waals surface area (Å²) in [4.78, 5) is 0. The van der Waals surface area contributed by atoms with Gasteiger partial charge in [-0.05, 0) is 6.42 Å². The van der Waals surface area contributed by atoms with Crippen molar-refractivity contribution < 1.29 is 24.8 Å². The molecule has 0 aromatic heterocycles. The van der Waals surface area contributed by atoms with Crippen molar-refractivity contribution in [3.63, 3.8) is 0 Å². The van der Waals surface area contributed by atoms with Gasteiger partial charge in [-0.25, -0.2) is 0 Å². The number of ether oxygens (including phenoxy) is 2. The lowest BCUT2D eigenvalue weighted by atomic mass is 10.0. The van der Waals surface area contributed by atoms with Gasteiger partial charge in [-0.1, -0.05) is 103 Å². The monoisotopic (exact) mass is 416 g/mol. The molecule has 0 aromatic rings. The molecule has 1 fully saturated rings. The maximum absolute atomic E-state index is 10.0. The maximum atomic E-state index is 10.0. The molecule has 1 heterocycles. The Labute approximate surface area is 179 Å². The van der Waals surface area contributed by atoms with Crippen LogP contribution in [0.25, 0.3) is 0 Å². The van der Waals surface area contributed by atoms with Gasteiger partial charge in [0.15, 0.2) is 0 Å². The molecule has 0 unspecified atom stereocenters. The van der Waals surface area contributed by atoms with Crippen LogP contribution in [0.4, 0.5) is 0 Å². The standard InChI is InChI=1S/C24H48O5/c1-2-3-4-5-6-7-8-9-10-11-12-13-14-15-16-17-18-28-22-20-29-21(19-25)23(26)24(22)27/h21-27H,2-20H2,1H3/t21-,22+,23-,24-/m1/s1. The van der Waals surface area contributed by atoms with Gasteiger partial charge >= 0.3 is 0 Å². The fourth-order valence-electron chi connectivity index (χ4n) is 4.05. The van der Waals surface area contributed by atoms with Crippen molar-refractivity contribution in [2.24, 2.45) is 0 Å². The van der Waals surface area contributed by atoms with Gasteiger partial charge in [-0.2, -0.15) is 0 Å². The van der Waals surface area contributed by atoms with E-state index in [0.717, 1.165) is 12.8 Å². The third kappa shape index (κ3) is 13.0. The minimum atomic E-state index is -1.08. The minimum Gasteiger partial charge on any atom is -0.394 e. The number of aliphatic hydroxyl groups excluding tert-OH is 3. The summed E-state index contributed by atoms with van der Waals surface area (Å²) >= 11 is 0. The highest BCUT2D eigenvalue weighted by Crippen LogP contribution is 2.18. The van der Waals surface area contributed by atoms with Crippen LogP contribution in [0.3, 0.4) is 0 Å². The smallest absolute Gasteiger partial charge is 0.111 e. The van der Waals surface area contributed by atoms with Crippen LogP contribution < -0.4 is 0 Å². The van der Waals surface area contributed by atoms with E-state index < -0.39 is 24.4 Å². The molecule has 0 spiro atoms. The van der Waals surface area contributed by atoms with Gasteiger partial charge in [0.25, 0.3) is 0 Å². The summed E-state index contributed by atoms with van der Waals surface area (Å²) in [6.07, 6.45) is 18.2. The SMILES string of the molecule is CCCCCCCCCCCCCCCCCCO[C@H]1CO[C@H](CO)[C@@H](O)[C@@H]1O. The number of aliphatic hydroxyl groups is 3. The molecule has 0 saturated carbocycles. The molecule has 0 aliphatic carbocycles. The number of unbranched alkanes of at least 4 members (excludes halogenated alkanes) is 15. The van der Waals surface area contributed by atoms with Crippen molar-refractivity contribution in [2.45, 2.75) is 134 Å². The highest BCUT2D eigenvalue weighted by atomic mass is 16.6. The fraction of sp³-hybridized carbons (Fsp3) is 1.00. The largest absolute Gasteiger partial charge is 0.394 e. The summed E-state index contributed by atoms with van der Waals surface area (Å²) in [5, 5.41) is 28.9. The van der Waals surface area contributed by atoms with Crippen molar-refractivity contribution >= 4 is 0 Å². The lowest BCUT2D eigenvalue weighted by Gasteiger charge is -2.36. The van der Waals surface area contributed by atoms with Gasteiger partial charge in [0.05, 0.1) is 13.2 Å². The van der Waals surface area contributed by atoms with E-state index in [1.807, 2.05) is 0 Å². The van der Waals surface area contributed by atoms with Crippen LogP contribution in [0.2, 0.25) is 0 Å². The van der Waals surface area contributed by atoms with Crippen molar-refractivity contribution in [1.82, 2.24) is 0 Å². The first-order valence-electron chi connectivity index (χ1n) is 12.4. The summed E-state index contributed by atoms with van der Waals surface area (Å²) < 4.78 is 11.0. The van der Waals surface area contributed by atoms with E-state index in [0.29, 0.717) is 6.61 Å². The molecule has 1 aliphatic rings. The third-order valence-corrected chi connectivity index (χ3v) is 6.10. The van der Waals surface area contributed by atoms with Gasteiger partial charge in [0.1, 0.15) is 24.4 Å². The van der Waals surface area contributed by atoms with E-state index in [1.54, 1.807) is 0 Å². The average Bonchev–Trinajstić information content (AvgIpc) is 2.73. The predicted octanol–water partition coefficient (Wildman–Crippen LogP) is 4.75. The fourth-order valence-corrected chi connectivity index (χ4v) is 4.05. The Bertz CT molecular complexity index is 352. The molecule has 174 valence electrons. The molecule has 0 amide bonds. The Morgan fingerprint density at radius 2 is 1.14 bits per heavy atom. The quantitative estimate of drug-likeness (QED) is 0.265. The molecule has 1 aliphatic heterocycles. The van der Waals surface area contributed by atoms with Gasteiger partial charge in [-0.3, -0.25) is 0 Å². The maximum Gasteiger partial charge on any atom is 0.111 e. The third-order valence-electron chi connectivity index (χ3n) is 6.10. The summed E-state index contributed by atoms with van der Waals surface area (Å²) in [7, 11) is 0. The first kappa shape index (κ1) is 26.8. The second-order valence-electron chi connectivity index (χ2n) is 8.75. The molecule has 4 atom stereocenters. The van der Waals surface area contributed by atoms with E-state index in [4.69, 9.17) is 14.6 Å². The molecular formula is C24H48O5. The number of hydrogen-bond donors (Lipinski definition) is 3. The second kappa shape index (κ2) is 18.6. The number of hydrogen-bond acceptors (Lipinski definition) is 5. The summed E-state index contributed by atoms with van der Waals surface area (Å²) in [6, 6.07) is 0. The predicted molar refractivity (Wildman–Crippen MR) is 118 cm³/mol. The van der Waals surface area contributed by atoms with Crippen LogP contribution in [-0.2, 0) is 9.47 Å². The topological polar surface area (TPSA) is 79.2 Å². The van der Waals surface area contributed by atoms with Crippen LogP contribution in [0, 0.1) is 0 Å². The zero-order chi connectivity index (χ0) is 21.2. The molecule has 0 bridgehead atoms. The Morgan fingerprint density at radius 1 is 0.690 bits per heavy atom. The number of rotatable bonds is 19. The zero-order valence-electron chi connectivity index (χ0n) is 18.9. The molecule has 3 N–H and O–H groups in total. The van der Waals surface area contributed by atoms with Crippen LogP contribution >= 0.6 is 0 Å². The van der Waals surface area contributed by atoms with Gasteiger partial charge < -0.3 is 24.8 Å². The molecule has 29 heavy (non-hydrogen) atoms. The van der Waals surface area contributed by atoms with Crippen molar-refractivity contribution in [3.8, 4) is 0 Å². The van der Waals surface area contributed by atoms with Gasteiger partial charge in [-0.15, -0.1) is 0 Å². The summed E-state index contributed by atoms with van der Waals surface area (Å²) in [6.45, 7) is 2.79. The molecule has 5 heteroatoms. The Balaban J connectivity index is 1.79. The second-order valence-corrected chi connectivity index (χ2v) is 8.75. The average molecular weight is 417 g/mol. The Morgan fingerprint density at radius 3 is 1.59 bits per heavy atom. The molecule has 5 nitrogen and oxygen atoms in total. The first-order valence-corrected chi connectivity index (χ1v) is 12.4. The van der Waals surface area contributed by atoms with Crippen LogP contribution in [0.5, 0.6) is 0 Å². The molecule has 0 radical (unpaired) electrons. The first-order chi connectivity index (χ1) is 14.2. The van der Waals surface area contributed by atoms with E-state index in [2.05, 4.69) is 6.92 Å². The van der Waals surface area contributed by atoms with E-state index >= 15 is 0 Å². The van der Waals surface area contributed by atoms with E-state index in [1.165, 1.54) is 89.9 Å². The Hall–Kier alpha value is -0.200. The van der Waals surface area contributed by atoms with Gasteiger partial charge in [0.2, 0.25) is 0 Å². The van der Waals surface area contributed by atoms with E-state index in [-0.39, 0.29) is 13.2 Å².